The maximum Gasteiger partial charge on any atom is 0.226 e. The first kappa shape index (κ1) is 15.6. The molecule has 1 aromatic carbocycles. The quantitative estimate of drug-likeness (QED) is 0.859. The maximum absolute atomic E-state index is 5.90. The van der Waals surface area contributed by atoms with Crippen molar-refractivity contribution < 1.29 is 4.74 Å². The van der Waals surface area contributed by atoms with Crippen LogP contribution < -0.4 is 10.1 Å². The molecule has 1 aromatic heterocycles. The number of nitrogens with one attached hydrogen (secondary N) is 1. The molecule has 0 saturated heterocycles. The lowest BCUT2D eigenvalue weighted by molar-refractivity contribution is 0.305. The predicted molar refractivity (Wildman–Crippen MR) is 86.0 cm³/mol. The van der Waals surface area contributed by atoms with E-state index in [9.17, 15) is 0 Å². The molecule has 2 aromatic rings. The van der Waals surface area contributed by atoms with Crippen LogP contribution in [0.3, 0.4) is 0 Å². The monoisotopic (exact) mass is 305 g/mol. The van der Waals surface area contributed by atoms with E-state index in [1.165, 1.54) is 0 Å². The summed E-state index contributed by atoms with van der Waals surface area (Å²) in [5.41, 5.74) is 2.00. The number of hydrogen-bond acceptors (Lipinski definition) is 4. The average molecular weight is 306 g/mol. The molecular weight excluding hydrogens is 286 g/mol. The average Bonchev–Trinajstić information content (AvgIpc) is 2.45. The molecule has 1 heterocycles. The summed E-state index contributed by atoms with van der Waals surface area (Å²) in [5.74, 6) is 1.18. The van der Waals surface area contributed by atoms with Gasteiger partial charge in [0.25, 0.3) is 0 Å². The molecule has 0 spiro atoms. The lowest BCUT2D eigenvalue weighted by Crippen LogP contribution is -2.11. The van der Waals surface area contributed by atoms with E-state index in [1.807, 2.05) is 37.3 Å². The molecule has 0 amide bonds. The Balaban J connectivity index is 2.10. The molecule has 21 heavy (non-hydrogen) atoms. The van der Waals surface area contributed by atoms with Crippen LogP contribution in [0.15, 0.2) is 30.3 Å². The highest BCUT2D eigenvalue weighted by atomic mass is 35.5. The standard InChI is InChI=1S/C16H20ClN3O/c1-4-9-21-15-10-11(2)18-16(20-15)19-12(3)13-5-7-14(17)8-6-13/h5-8,10,12H,4,9H2,1-3H3,(H,18,19,20). The number of rotatable bonds is 6. The molecular formula is C16H20ClN3O. The Morgan fingerprint density at radius 1 is 1.24 bits per heavy atom. The second-order valence-electron chi connectivity index (χ2n) is 4.94. The maximum atomic E-state index is 5.90. The van der Waals surface area contributed by atoms with Crippen molar-refractivity contribution in [3.05, 3.63) is 46.6 Å². The minimum atomic E-state index is 0.0862. The zero-order valence-electron chi connectivity index (χ0n) is 12.6. The Hall–Kier alpha value is -1.81. The number of hydrogen-bond donors (Lipinski definition) is 1. The summed E-state index contributed by atoms with van der Waals surface area (Å²) in [6.07, 6.45) is 0.951. The van der Waals surface area contributed by atoms with Gasteiger partial charge in [0.15, 0.2) is 0 Å². The number of halogens is 1. The van der Waals surface area contributed by atoms with E-state index in [1.54, 1.807) is 0 Å². The largest absolute Gasteiger partial charge is 0.478 e. The van der Waals surface area contributed by atoms with Crippen LogP contribution in [0.5, 0.6) is 5.88 Å². The molecule has 0 saturated carbocycles. The highest BCUT2D eigenvalue weighted by molar-refractivity contribution is 6.30. The summed E-state index contributed by atoms with van der Waals surface area (Å²) in [5, 5.41) is 4.02. The number of anilines is 1. The SMILES string of the molecule is CCCOc1cc(C)nc(NC(C)c2ccc(Cl)cc2)n1. The summed E-state index contributed by atoms with van der Waals surface area (Å²) in [7, 11) is 0. The van der Waals surface area contributed by atoms with E-state index < -0.39 is 0 Å². The summed E-state index contributed by atoms with van der Waals surface area (Å²) < 4.78 is 5.57. The van der Waals surface area contributed by atoms with E-state index in [0.717, 1.165) is 22.7 Å². The second kappa shape index (κ2) is 7.27. The van der Waals surface area contributed by atoms with Crippen molar-refractivity contribution in [2.45, 2.75) is 33.2 Å². The van der Waals surface area contributed by atoms with Crippen molar-refractivity contribution in [3.8, 4) is 5.88 Å². The van der Waals surface area contributed by atoms with Crippen LogP contribution >= 0.6 is 11.6 Å². The molecule has 1 unspecified atom stereocenters. The highest BCUT2D eigenvalue weighted by Gasteiger charge is 2.09. The number of aryl methyl sites for hydroxylation is 1. The Morgan fingerprint density at radius 3 is 2.62 bits per heavy atom. The minimum Gasteiger partial charge on any atom is -0.478 e. The van der Waals surface area contributed by atoms with Crippen molar-refractivity contribution in [3.63, 3.8) is 0 Å². The molecule has 0 bridgehead atoms. The van der Waals surface area contributed by atoms with Gasteiger partial charge in [-0.15, -0.1) is 0 Å². The fourth-order valence-corrected chi connectivity index (χ4v) is 2.04. The molecule has 2 rings (SSSR count). The fraction of sp³-hybridized carbons (Fsp3) is 0.375. The molecule has 5 heteroatoms. The van der Waals surface area contributed by atoms with E-state index in [0.29, 0.717) is 18.4 Å². The zero-order valence-corrected chi connectivity index (χ0v) is 13.3. The Kier molecular flexibility index (Phi) is 5.39. The van der Waals surface area contributed by atoms with Crippen molar-refractivity contribution in [1.82, 2.24) is 9.97 Å². The van der Waals surface area contributed by atoms with Gasteiger partial charge < -0.3 is 10.1 Å². The van der Waals surface area contributed by atoms with Gasteiger partial charge in [-0.05, 0) is 38.0 Å². The zero-order chi connectivity index (χ0) is 15.2. The molecule has 4 nitrogen and oxygen atoms in total. The van der Waals surface area contributed by atoms with Gasteiger partial charge in [0.05, 0.1) is 12.6 Å². The summed E-state index contributed by atoms with van der Waals surface area (Å²) >= 11 is 5.90. The summed E-state index contributed by atoms with van der Waals surface area (Å²) in [4.78, 5) is 8.78. The first-order valence-corrected chi connectivity index (χ1v) is 7.46. The van der Waals surface area contributed by atoms with E-state index in [-0.39, 0.29) is 6.04 Å². The summed E-state index contributed by atoms with van der Waals surface area (Å²) in [6.45, 7) is 6.71. The van der Waals surface area contributed by atoms with Gasteiger partial charge in [-0.2, -0.15) is 4.98 Å². The van der Waals surface area contributed by atoms with Crippen LogP contribution in [0.2, 0.25) is 5.02 Å². The number of benzene rings is 1. The molecule has 0 radical (unpaired) electrons. The van der Waals surface area contributed by atoms with Crippen LogP contribution in [-0.4, -0.2) is 16.6 Å². The highest BCUT2D eigenvalue weighted by Crippen LogP contribution is 2.20. The van der Waals surface area contributed by atoms with Crippen LogP contribution in [-0.2, 0) is 0 Å². The molecule has 0 fully saturated rings. The van der Waals surface area contributed by atoms with Crippen LogP contribution in [0.25, 0.3) is 0 Å². The van der Waals surface area contributed by atoms with Gasteiger partial charge in [-0.25, -0.2) is 4.98 Å². The molecule has 112 valence electrons. The van der Waals surface area contributed by atoms with Crippen molar-refractivity contribution in [1.29, 1.82) is 0 Å². The van der Waals surface area contributed by atoms with Crippen molar-refractivity contribution >= 4 is 17.5 Å². The lowest BCUT2D eigenvalue weighted by atomic mass is 10.1. The molecule has 0 aliphatic heterocycles. The van der Waals surface area contributed by atoms with Gasteiger partial charge >= 0.3 is 0 Å². The normalized spacial score (nSPS) is 12.0. The van der Waals surface area contributed by atoms with Gasteiger partial charge in [0, 0.05) is 16.8 Å². The number of ether oxygens (including phenoxy) is 1. The van der Waals surface area contributed by atoms with Crippen LogP contribution in [0, 0.1) is 6.92 Å². The van der Waals surface area contributed by atoms with Crippen molar-refractivity contribution in [2.75, 3.05) is 11.9 Å². The van der Waals surface area contributed by atoms with Crippen LogP contribution in [0.1, 0.15) is 37.6 Å². The van der Waals surface area contributed by atoms with Gasteiger partial charge in [-0.1, -0.05) is 30.7 Å². The predicted octanol–water partition coefficient (Wildman–Crippen LogP) is 4.40. The van der Waals surface area contributed by atoms with Gasteiger partial charge in [0.2, 0.25) is 11.8 Å². The Labute approximate surface area is 130 Å². The fourth-order valence-electron chi connectivity index (χ4n) is 1.91. The molecule has 0 aliphatic carbocycles. The summed E-state index contributed by atoms with van der Waals surface area (Å²) in [6, 6.07) is 9.66. The topological polar surface area (TPSA) is 47.0 Å². The Morgan fingerprint density at radius 2 is 1.95 bits per heavy atom. The van der Waals surface area contributed by atoms with Crippen molar-refractivity contribution in [2.24, 2.45) is 0 Å². The van der Waals surface area contributed by atoms with Crippen LogP contribution in [0.4, 0.5) is 5.95 Å². The lowest BCUT2D eigenvalue weighted by Gasteiger charge is -2.15. The third-order valence-electron chi connectivity index (χ3n) is 3.00. The Bertz CT molecular complexity index is 587. The van der Waals surface area contributed by atoms with Gasteiger partial charge in [-0.3, -0.25) is 0 Å². The number of nitrogens with zero attached hydrogens (tertiary/aromatic N) is 2. The molecule has 1 N–H and O–H groups in total. The van der Waals surface area contributed by atoms with Gasteiger partial charge in [0.1, 0.15) is 0 Å². The third-order valence-corrected chi connectivity index (χ3v) is 3.25. The smallest absolute Gasteiger partial charge is 0.226 e. The van der Waals surface area contributed by atoms with E-state index in [4.69, 9.17) is 16.3 Å². The van der Waals surface area contributed by atoms with E-state index >= 15 is 0 Å². The van der Waals surface area contributed by atoms with E-state index in [2.05, 4.69) is 29.1 Å². The third kappa shape index (κ3) is 4.60. The molecule has 0 aliphatic rings. The number of aromatic nitrogens is 2. The first-order valence-electron chi connectivity index (χ1n) is 7.09. The molecule has 1 atom stereocenters. The second-order valence-corrected chi connectivity index (χ2v) is 5.37. The minimum absolute atomic E-state index is 0.0862. The first-order chi connectivity index (χ1) is 10.1.